The Kier molecular flexibility index (Phi) is 3.01. The molecule has 2 N–H and O–H groups in total. The quantitative estimate of drug-likeness (QED) is 0.922. The average molecular weight is 287 g/mol. The summed E-state index contributed by atoms with van der Waals surface area (Å²) in [6.07, 6.45) is 13.8. The van der Waals surface area contributed by atoms with Crippen LogP contribution in [0.1, 0.15) is 57.9 Å². The number of rotatable bonds is 4. The maximum Gasteiger partial charge on any atom is 0.0522 e. The molecule has 3 atom stereocenters. The van der Waals surface area contributed by atoms with Crippen LogP contribution in [0.5, 0.6) is 0 Å². The second kappa shape index (κ2) is 4.58. The first-order chi connectivity index (χ1) is 10.0. The van der Waals surface area contributed by atoms with E-state index in [0.29, 0.717) is 16.9 Å². The smallest absolute Gasteiger partial charge is 0.0522 e. The van der Waals surface area contributed by atoms with Gasteiger partial charge in [0.1, 0.15) is 0 Å². The van der Waals surface area contributed by atoms with Crippen molar-refractivity contribution in [2.45, 2.75) is 71.4 Å². The minimum atomic E-state index is 0.317. The molecule has 4 saturated carbocycles. The molecular formula is C18H29N3. The predicted molar refractivity (Wildman–Crippen MR) is 84.8 cm³/mol. The van der Waals surface area contributed by atoms with Crippen LogP contribution in [0.25, 0.3) is 0 Å². The number of aryl methyl sites for hydroxylation is 1. The van der Waals surface area contributed by atoms with Crippen LogP contribution in [0, 0.1) is 22.7 Å². The lowest BCUT2D eigenvalue weighted by atomic mass is 9.43. The van der Waals surface area contributed by atoms with Crippen molar-refractivity contribution in [2.24, 2.45) is 28.4 Å². The second-order valence-corrected chi connectivity index (χ2v) is 8.65. The molecule has 0 saturated heterocycles. The minimum Gasteiger partial charge on any atom is -0.327 e. The van der Waals surface area contributed by atoms with Crippen LogP contribution in [0.2, 0.25) is 0 Å². The molecule has 4 aliphatic rings. The van der Waals surface area contributed by atoms with Crippen molar-refractivity contribution in [3.63, 3.8) is 0 Å². The van der Waals surface area contributed by atoms with E-state index in [1.165, 1.54) is 44.1 Å². The van der Waals surface area contributed by atoms with Gasteiger partial charge >= 0.3 is 0 Å². The molecule has 3 unspecified atom stereocenters. The van der Waals surface area contributed by atoms with Crippen LogP contribution in [-0.2, 0) is 13.0 Å². The van der Waals surface area contributed by atoms with E-state index in [0.717, 1.165) is 24.8 Å². The second-order valence-electron chi connectivity index (χ2n) is 8.65. The summed E-state index contributed by atoms with van der Waals surface area (Å²) in [5.74, 6) is 1.92. The molecule has 0 radical (unpaired) electrons. The zero-order valence-corrected chi connectivity index (χ0v) is 13.5. The highest BCUT2D eigenvalue weighted by atomic mass is 15.3. The molecule has 4 aliphatic carbocycles. The van der Waals surface area contributed by atoms with Gasteiger partial charge in [0.05, 0.1) is 6.20 Å². The van der Waals surface area contributed by atoms with Crippen LogP contribution in [0.15, 0.2) is 12.4 Å². The standard InChI is InChI=1S/C18H29N3/c1-3-21-11-15(10-20-21)5-16(19)18-8-13-4-14(9-18)7-17(2,6-13)12-18/h10-11,13-14,16H,3-9,12,19H2,1-2H3. The normalized spacial score (nSPS) is 42.4. The molecule has 0 spiro atoms. The van der Waals surface area contributed by atoms with E-state index in [2.05, 4.69) is 25.1 Å². The summed E-state index contributed by atoms with van der Waals surface area (Å²) in [7, 11) is 0. The van der Waals surface area contributed by atoms with Crippen molar-refractivity contribution in [3.8, 4) is 0 Å². The third kappa shape index (κ3) is 2.25. The number of hydrogen-bond donors (Lipinski definition) is 1. The highest BCUT2D eigenvalue weighted by Gasteiger charge is 2.57. The van der Waals surface area contributed by atoms with Crippen molar-refractivity contribution < 1.29 is 0 Å². The summed E-state index contributed by atoms with van der Waals surface area (Å²) in [5.41, 5.74) is 9.12. The Balaban J connectivity index is 1.54. The Morgan fingerprint density at radius 1 is 1.33 bits per heavy atom. The zero-order chi connectivity index (χ0) is 14.7. The lowest BCUT2D eigenvalue weighted by Crippen LogP contribution is -2.58. The zero-order valence-electron chi connectivity index (χ0n) is 13.5. The van der Waals surface area contributed by atoms with Crippen molar-refractivity contribution in [1.82, 2.24) is 9.78 Å². The van der Waals surface area contributed by atoms with E-state index in [1.807, 2.05) is 10.9 Å². The average Bonchev–Trinajstić information content (AvgIpc) is 2.83. The third-order valence-corrected chi connectivity index (χ3v) is 6.65. The van der Waals surface area contributed by atoms with Gasteiger partial charge < -0.3 is 5.73 Å². The molecule has 1 aromatic rings. The largest absolute Gasteiger partial charge is 0.327 e. The summed E-state index contributed by atoms with van der Waals surface area (Å²) in [6.45, 7) is 5.61. The van der Waals surface area contributed by atoms with E-state index < -0.39 is 0 Å². The lowest BCUT2D eigenvalue weighted by Gasteiger charge is -2.63. The van der Waals surface area contributed by atoms with Gasteiger partial charge in [-0.3, -0.25) is 4.68 Å². The minimum absolute atomic E-state index is 0.317. The molecule has 0 amide bonds. The number of nitrogens with zero attached hydrogens (tertiary/aromatic N) is 2. The SMILES string of the molecule is CCn1cc(CC(N)C23CC4CC(CC(C)(C4)C2)C3)cn1. The van der Waals surface area contributed by atoms with Gasteiger partial charge in [-0.15, -0.1) is 0 Å². The Morgan fingerprint density at radius 2 is 2.05 bits per heavy atom. The molecule has 4 fully saturated rings. The Morgan fingerprint density at radius 3 is 2.62 bits per heavy atom. The van der Waals surface area contributed by atoms with Gasteiger partial charge in [0.2, 0.25) is 0 Å². The number of aromatic nitrogens is 2. The van der Waals surface area contributed by atoms with Crippen molar-refractivity contribution in [1.29, 1.82) is 0 Å². The summed E-state index contributed by atoms with van der Waals surface area (Å²) in [5, 5.41) is 4.41. The van der Waals surface area contributed by atoms with E-state index in [-0.39, 0.29) is 0 Å². The topological polar surface area (TPSA) is 43.8 Å². The van der Waals surface area contributed by atoms with Crippen molar-refractivity contribution >= 4 is 0 Å². The van der Waals surface area contributed by atoms with E-state index in [4.69, 9.17) is 5.73 Å². The molecule has 21 heavy (non-hydrogen) atoms. The molecule has 3 nitrogen and oxygen atoms in total. The molecule has 1 heterocycles. The molecule has 116 valence electrons. The lowest BCUT2D eigenvalue weighted by molar-refractivity contribution is -0.112. The van der Waals surface area contributed by atoms with Gasteiger partial charge in [-0.05, 0) is 80.1 Å². The van der Waals surface area contributed by atoms with Gasteiger partial charge in [-0.2, -0.15) is 5.10 Å². The van der Waals surface area contributed by atoms with Crippen molar-refractivity contribution in [3.05, 3.63) is 18.0 Å². The fourth-order valence-corrected chi connectivity index (χ4v) is 6.39. The van der Waals surface area contributed by atoms with Gasteiger partial charge in [-0.25, -0.2) is 0 Å². The van der Waals surface area contributed by atoms with Crippen LogP contribution in [-0.4, -0.2) is 15.8 Å². The molecule has 0 aromatic carbocycles. The number of hydrogen-bond acceptors (Lipinski definition) is 2. The van der Waals surface area contributed by atoms with E-state index in [9.17, 15) is 0 Å². The Hall–Kier alpha value is -0.830. The third-order valence-electron chi connectivity index (χ3n) is 6.65. The highest BCUT2D eigenvalue weighted by molar-refractivity contribution is 5.14. The highest BCUT2D eigenvalue weighted by Crippen LogP contribution is 2.66. The maximum absolute atomic E-state index is 6.78. The molecule has 0 aliphatic heterocycles. The Labute approximate surface area is 128 Å². The van der Waals surface area contributed by atoms with Gasteiger partial charge in [-0.1, -0.05) is 6.92 Å². The van der Waals surface area contributed by atoms with Crippen LogP contribution >= 0.6 is 0 Å². The van der Waals surface area contributed by atoms with E-state index in [1.54, 1.807) is 0 Å². The fraction of sp³-hybridized carbons (Fsp3) is 0.833. The van der Waals surface area contributed by atoms with Crippen LogP contribution < -0.4 is 5.73 Å². The van der Waals surface area contributed by atoms with Crippen LogP contribution in [0.4, 0.5) is 0 Å². The first kappa shape index (κ1) is 13.8. The summed E-state index contributed by atoms with van der Waals surface area (Å²) >= 11 is 0. The summed E-state index contributed by atoms with van der Waals surface area (Å²) in [6, 6.07) is 0.317. The summed E-state index contributed by atoms with van der Waals surface area (Å²) < 4.78 is 2.02. The fourth-order valence-electron chi connectivity index (χ4n) is 6.39. The van der Waals surface area contributed by atoms with Gasteiger partial charge in [0, 0.05) is 18.8 Å². The Bertz CT molecular complexity index is 518. The van der Waals surface area contributed by atoms with Crippen molar-refractivity contribution in [2.75, 3.05) is 0 Å². The first-order valence-electron chi connectivity index (χ1n) is 8.77. The van der Waals surface area contributed by atoms with E-state index >= 15 is 0 Å². The number of nitrogens with two attached hydrogens (primary N) is 1. The van der Waals surface area contributed by atoms with Gasteiger partial charge in [0.15, 0.2) is 0 Å². The molecule has 4 bridgehead atoms. The molecule has 3 heteroatoms. The first-order valence-corrected chi connectivity index (χ1v) is 8.77. The van der Waals surface area contributed by atoms with Crippen LogP contribution in [0.3, 0.4) is 0 Å². The molecular weight excluding hydrogens is 258 g/mol. The monoisotopic (exact) mass is 287 g/mol. The molecule has 5 rings (SSSR count). The molecule has 1 aromatic heterocycles. The predicted octanol–water partition coefficient (Wildman–Crippen LogP) is 3.38. The van der Waals surface area contributed by atoms with Gasteiger partial charge in [0.25, 0.3) is 0 Å². The summed E-state index contributed by atoms with van der Waals surface area (Å²) in [4.78, 5) is 0. The maximum atomic E-state index is 6.78.